The normalized spacial score (nSPS) is 12.3. The predicted molar refractivity (Wildman–Crippen MR) is 89.3 cm³/mol. The van der Waals surface area contributed by atoms with Crippen LogP contribution in [0.25, 0.3) is 0 Å². The second kappa shape index (κ2) is 6.31. The minimum atomic E-state index is 0.139. The molecule has 0 bridgehead atoms. The highest BCUT2D eigenvalue weighted by atomic mass is 16.5. The van der Waals surface area contributed by atoms with Gasteiger partial charge >= 0.3 is 0 Å². The Balaban J connectivity index is 2.59. The van der Waals surface area contributed by atoms with Crippen LogP contribution in [0.2, 0.25) is 0 Å². The van der Waals surface area contributed by atoms with Crippen LogP contribution in [0.1, 0.15) is 39.4 Å². The van der Waals surface area contributed by atoms with E-state index >= 15 is 0 Å². The average molecular weight is 283 g/mol. The van der Waals surface area contributed by atoms with Gasteiger partial charge in [-0.3, -0.25) is 0 Å². The molecule has 2 aromatic carbocycles. The lowest BCUT2D eigenvalue weighted by atomic mass is 9.91. The summed E-state index contributed by atoms with van der Waals surface area (Å²) in [5.41, 5.74) is 7.54. The molecule has 0 aromatic heterocycles. The third-order valence-electron chi connectivity index (χ3n) is 4.25. The summed E-state index contributed by atoms with van der Waals surface area (Å²) >= 11 is 0. The molecule has 0 aliphatic carbocycles. The molecule has 0 heterocycles. The van der Waals surface area contributed by atoms with Crippen molar-refractivity contribution in [1.82, 2.24) is 5.32 Å². The van der Waals surface area contributed by atoms with Crippen LogP contribution in [0.5, 0.6) is 5.75 Å². The highest BCUT2D eigenvalue weighted by Gasteiger charge is 2.20. The molecule has 0 radical (unpaired) electrons. The van der Waals surface area contributed by atoms with E-state index in [-0.39, 0.29) is 6.04 Å². The summed E-state index contributed by atoms with van der Waals surface area (Å²) in [4.78, 5) is 0. The van der Waals surface area contributed by atoms with Crippen molar-refractivity contribution in [3.05, 3.63) is 63.7 Å². The van der Waals surface area contributed by atoms with Crippen LogP contribution < -0.4 is 10.1 Å². The van der Waals surface area contributed by atoms with Crippen LogP contribution in [0, 0.1) is 27.7 Å². The SMILES string of the molecule is CNC(c1ccc(C)cc1C)c1ccc(C)c(C)c1OC. The molecule has 2 rings (SSSR count). The monoisotopic (exact) mass is 283 g/mol. The van der Waals surface area contributed by atoms with E-state index in [1.165, 1.54) is 33.4 Å². The van der Waals surface area contributed by atoms with E-state index in [9.17, 15) is 0 Å². The van der Waals surface area contributed by atoms with Crippen molar-refractivity contribution in [1.29, 1.82) is 0 Å². The predicted octanol–water partition coefficient (Wildman–Crippen LogP) is 4.24. The second-order valence-electron chi connectivity index (χ2n) is 5.71. The summed E-state index contributed by atoms with van der Waals surface area (Å²) in [6, 6.07) is 11.1. The van der Waals surface area contributed by atoms with Crippen molar-refractivity contribution in [3.63, 3.8) is 0 Å². The molecule has 1 atom stereocenters. The number of hydrogen-bond donors (Lipinski definition) is 1. The summed E-state index contributed by atoms with van der Waals surface area (Å²) < 4.78 is 5.68. The molecule has 1 N–H and O–H groups in total. The van der Waals surface area contributed by atoms with Gasteiger partial charge in [0, 0.05) is 5.56 Å². The molecular formula is C19H25NO. The van der Waals surface area contributed by atoms with Gasteiger partial charge in [0.25, 0.3) is 0 Å². The molecule has 0 fully saturated rings. The van der Waals surface area contributed by atoms with Gasteiger partial charge in [-0.25, -0.2) is 0 Å². The van der Waals surface area contributed by atoms with E-state index in [4.69, 9.17) is 4.74 Å². The Morgan fingerprint density at radius 2 is 1.57 bits per heavy atom. The van der Waals surface area contributed by atoms with E-state index in [1.54, 1.807) is 7.11 Å². The van der Waals surface area contributed by atoms with Gasteiger partial charge in [-0.1, -0.05) is 35.9 Å². The van der Waals surface area contributed by atoms with Gasteiger partial charge in [-0.15, -0.1) is 0 Å². The lowest BCUT2D eigenvalue weighted by Gasteiger charge is -2.23. The van der Waals surface area contributed by atoms with Crippen molar-refractivity contribution in [2.45, 2.75) is 33.7 Å². The Morgan fingerprint density at radius 3 is 2.14 bits per heavy atom. The van der Waals surface area contributed by atoms with E-state index in [2.05, 4.69) is 63.3 Å². The Bertz CT molecular complexity index is 646. The number of rotatable bonds is 4. The first-order valence-electron chi connectivity index (χ1n) is 7.38. The van der Waals surface area contributed by atoms with Crippen molar-refractivity contribution in [2.24, 2.45) is 0 Å². The summed E-state index contributed by atoms with van der Waals surface area (Å²) in [6.07, 6.45) is 0. The van der Waals surface area contributed by atoms with Gasteiger partial charge in [-0.2, -0.15) is 0 Å². The molecule has 2 heteroatoms. The highest BCUT2D eigenvalue weighted by molar-refractivity contribution is 5.50. The zero-order chi connectivity index (χ0) is 15.6. The van der Waals surface area contributed by atoms with E-state index in [1.807, 2.05) is 7.05 Å². The highest BCUT2D eigenvalue weighted by Crippen LogP contribution is 2.35. The van der Waals surface area contributed by atoms with Gasteiger partial charge in [0.15, 0.2) is 0 Å². The van der Waals surface area contributed by atoms with Gasteiger partial charge in [0.2, 0.25) is 0 Å². The number of aryl methyl sites for hydroxylation is 3. The number of hydrogen-bond acceptors (Lipinski definition) is 2. The number of nitrogens with one attached hydrogen (secondary N) is 1. The zero-order valence-electron chi connectivity index (χ0n) is 13.9. The van der Waals surface area contributed by atoms with Gasteiger partial charge < -0.3 is 10.1 Å². The summed E-state index contributed by atoms with van der Waals surface area (Å²) in [5, 5.41) is 3.44. The van der Waals surface area contributed by atoms with Crippen LogP contribution in [0.15, 0.2) is 30.3 Å². The van der Waals surface area contributed by atoms with Crippen LogP contribution in [0.3, 0.4) is 0 Å². The standard InChI is InChI=1S/C19H25NO/c1-12-7-9-16(14(3)11-12)18(20-5)17-10-8-13(2)15(4)19(17)21-6/h7-11,18,20H,1-6H3. The molecule has 0 saturated carbocycles. The Kier molecular flexibility index (Phi) is 4.69. The van der Waals surface area contributed by atoms with Gasteiger partial charge in [0.05, 0.1) is 13.2 Å². The topological polar surface area (TPSA) is 21.3 Å². The minimum Gasteiger partial charge on any atom is -0.496 e. The Labute approximate surface area is 128 Å². The van der Waals surface area contributed by atoms with Gasteiger partial charge in [0.1, 0.15) is 5.75 Å². The van der Waals surface area contributed by atoms with E-state index < -0.39 is 0 Å². The fourth-order valence-electron chi connectivity index (χ4n) is 2.94. The minimum absolute atomic E-state index is 0.139. The maximum absolute atomic E-state index is 5.68. The maximum Gasteiger partial charge on any atom is 0.127 e. The van der Waals surface area contributed by atoms with E-state index in [0.717, 1.165) is 5.75 Å². The van der Waals surface area contributed by atoms with Crippen LogP contribution >= 0.6 is 0 Å². The quantitative estimate of drug-likeness (QED) is 0.906. The molecule has 2 aromatic rings. The first kappa shape index (κ1) is 15.6. The van der Waals surface area contributed by atoms with Crippen molar-refractivity contribution < 1.29 is 4.74 Å². The molecule has 21 heavy (non-hydrogen) atoms. The van der Waals surface area contributed by atoms with Crippen LogP contribution in [0.4, 0.5) is 0 Å². The third kappa shape index (κ3) is 2.96. The first-order valence-corrected chi connectivity index (χ1v) is 7.38. The smallest absolute Gasteiger partial charge is 0.127 e. The van der Waals surface area contributed by atoms with Crippen LogP contribution in [-0.4, -0.2) is 14.2 Å². The molecule has 0 aliphatic heterocycles. The first-order chi connectivity index (χ1) is 9.99. The molecule has 0 aliphatic rings. The number of benzene rings is 2. The molecular weight excluding hydrogens is 258 g/mol. The summed E-state index contributed by atoms with van der Waals surface area (Å²) in [7, 11) is 3.75. The fraction of sp³-hybridized carbons (Fsp3) is 0.368. The zero-order valence-corrected chi connectivity index (χ0v) is 13.9. The van der Waals surface area contributed by atoms with Gasteiger partial charge in [-0.05, 0) is 57.0 Å². The fourth-order valence-corrected chi connectivity index (χ4v) is 2.94. The summed E-state index contributed by atoms with van der Waals surface area (Å²) in [5.74, 6) is 0.981. The molecule has 0 saturated heterocycles. The van der Waals surface area contributed by atoms with Crippen molar-refractivity contribution in [3.8, 4) is 5.75 Å². The Morgan fingerprint density at radius 1 is 0.905 bits per heavy atom. The summed E-state index contributed by atoms with van der Waals surface area (Å²) in [6.45, 7) is 8.53. The number of methoxy groups -OCH3 is 1. The molecule has 112 valence electrons. The molecule has 0 amide bonds. The molecule has 0 spiro atoms. The van der Waals surface area contributed by atoms with Crippen molar-refractivity contribution in [2.75, 3.05) is 14.2 Å². The number of ether oxygens (including phenoxy) is 1. The van der Waals surface area contributed by atoms with Crippen molar-refractivity contribution >= 4 is 0 Å². The lowest BCUT2D eigenvalue weighted by molar-refractivity contribution is 0.402. The molecule has 1 unspecified atom stereocenters. The van der Waals surface area contributed by atoms with Crippen LogP contribution in [-0.2, 0) is 0 Å². The largest absolute Gasteiger partial charge is 0.496 e. The second-order valence-corrected chi connectivity index (χ2v) is 5.71. The molecule has 2 nitrogen and oxygen atoms in total. The third-order valence-corrected chi connectivity index (χ3v) is 4.25. The van der Waals surface area contributed by atoms with E-state index in [0.29, 0.717) is 0 Å². The maximum atomic E-state index is 5.68. The Hall–Kier alpha value is -1.80. The lowest BCUT2D eigenvalue weighted by Crippen LogP contribution is -2.20. The average Bonchev–Trinajstić information content (AvgIpc) is 2.45.